The van der Waals surface area contributed by atoms with E-state index < -0.39 is 9.84 Å². The molecule has 1 saturated heterocycles. The molecule has 0 aromatic carbocycles. The van der Waals surface area contributed by atoms with Crippen LogP contribution in [0.2, 0.25) is 0 Å². The summed E-state index contributed by atoms with van der Waals surface area (Å²) in [6.07, 6.45) is 1.90. The maximum atomic E-state index is 11.3. The number of hydrogen-bond donors (Lipinski definition) is 1. The molecular formula is C10H21NO2S. The molecule has 0 amide bonds. The van der Waals surface area contributed by atoms with Crippen LogP contribution < -0.4 is 5.32 Å². The van der Waals surface area contributed by atoms with Crippen molar-refractivity contribution < 1.29 is 8.42 Å². The quantitative estimate of drug-likeness (QED) is 0.769. The van der Waals surface area contributed by atoms with Gasteiger partial charge >= 0.3 is 0 Å². The smallest absolute Gasteiger partial charge is 0.150 e. The molecule has 84 valence electrons. The predicted molar refractivity (Wildman–Crippen MR) is 59.1 cm³/mol. The molecule has 0 spiro atoms. The number of hydrogen-bond acceptors (Lipinski definition) is 3. The molecule has 2 unspecified atom stereocenters. The van der Waals surface area contributed by atoms with Gasteiger partial charge in [-0.05, 0) is 31.7 Å². The second-order valence-corrected chi connectivity index (χ2v) is 6.92. The first-order valence-electron chi connectivity index (χ1n) is 5.32. The average molecular weight is 219 g/mol. The van der Waals surface area contributed by atoms with E-state index in [2.05, 4.69) is 19.2 Å². The van der Waals surface area contributed by atoms with Gasteiger partial charge in [-0.2, -0.15) is 0 Å². The Kier molecular flexibility index (Phi) is 3.95. The Balaban J connectivity index is 2.55. The van der Waals surface area contributed by atoms with Gasteiger partial charge < -0.3 is 5.32 Å². The highest BCUT2D eigenvalue weighted by Crippen LogP contribution is 2.25. The van der Waals surface area contributed by atoms with Crippen molar-refractivity contribution in [1.29, 1.82) is 0 Å². The molecule has 0 aliphatic carbocycles. The number of sulfone groups is 1. The highest BCUT2D eigenvalue weighted by Gasteiger charge is 2.32. The Hall–Kier alpha value is -0.0900. The first-order chi connectivity index (χ1) is 6.44. The van der Waals surface area contributed by atoms with Gasteiger partial charge in [-0.25, -0.2) is 8.42 Å². The molecule has 1 rings (SSSR count). The SMILES string of the molecule is CNC(CC(C)C)C1CCS(=O)(=O)C1. The van der Waals surface area contributed by atoms with Gasteiger partial charge in [0.05, 0.1) is 11.5 Å². The zero-order chi connectivity index (χ0) is 10.8. The molecule has 0 aromatic heterocycles. The van der Waals surface area contributed by atoms with E-state index in [1.807, 2.05) is 7.05 Å². The van der Waals surface area contributed by atoms with Crippen LogP contribution in [0.5, 0.6) is 0 Å². The van der Waals surface area contributed by atoms with Crippen LogP contribution >= 0.6 is 0 Å². The summed E-state index contributed by atoms with van der Waals surface area (Å²) in [5.74, 6) is 1.71. The maximum absolute atomic E-state index is 11.3. The maximum Gasteiger partial charge on any atom is 0.150 e. The van der Waals surface area contributed by atoms with Gasteiger partial charge in [-0.15, -0.1) is 0 Å². The molecular weight excluding hydrogens is 198 g/mol. The summed E-state index contributed by atoms with van der Waals surface area (Å²) in [6, 6.07) is 0.368. The van der Waals surface area contributed by atoms with Crippen molar-refractivity contribution in [3.8, 4) is 0 Å². The molecule has 0 aromatic rings. The molecule has 14 heavy (non-hydrogen) atoms. The Labute approximate surface area is 87.2 Å². The molecule has 1 heterocycles. The van der Waals surface area contributed by atoms with Crippen LogP contribution in [0, 0.1) is 11.8 Å². The summed E-state index contributed by atoms with van der Waals surface area (Å²) < 4.78 is 22.6. The summed E-state index contributed by atoms with van der Waals surface area (Å²) >= 11 is 0. The lowest BCUT2D eigenvalue weighted by molar-refractivity contribution is 0.344. The van der Waals surface area contributed by atoms with Crippen molar-refractivity contribution >= 4 is 9.84 Å². The Morgan fingerprint density at radius 1 is 1.43 bits per heavy atom. The third-order valence-electron chi connectivity index (χ3n) is 2.93. The van der Waals surface area contributed by atoms with Gasteiger partial charge in [-0.1, -0.05) is 13.8 Å². The highest BCUT2D eigenvalue weighted by molar-refractivity contribution is 7.91. The summed E-state index contributed by atoms with van der Waals surface area (Å²) in [6.45, 7) is 4.35. The Morgan fingerprint density at radius 2 is 2.07 bits per heavy atom. The molecule has 3 nitrogen and oxygen atoms in total. The van der Waals surface area contributed by atoms with E-state index in [1.54, 1.807) is 0 Å². The first-order valence-corrected chi connectivity index (χ1v) is 7.14. The van der Waals surface area contributed by atoms with Crippen LogP contribution in [-0.4, -0.2) is 33.0 Å². The zero-order valence-corrected chi connectivity index (χ0v) is 10.1. The standard InChI is InChI=1S/C10H21NO2S/c1-8(2)6-10(11-3)9-4-5-14(12,13)7-9/h8-11H,4-7H2,1-3H3. The molecule has 0 bridgehead atoms. The number of nitrogens with one attached hydrogen (secondary N) is 1. The fraction of sp³-hybridized carbons (Fsp3) is 1.00. The second-order valence-electron chi connectivity index (χ2n) is 4.69. The van der Waals surface area contributed by atoms with Crippen LogP contribution in [0.4, 0.5) is 0 Å². The molecule has 4 heteroatoms. The molecule has 1 fully saturated rings. The second kappa shape index (κ2) is 4.62. The minimum absolute atomic E-state index is 0.326. The molecule has 2 atom stereocenters. The fourth-order valence-electron chi connectivity index (χ4n) is 2.19. The lowest BCUT2D eigenvalue weighted by atomic mass is 9.92. The summed E-state index contributed by atoms with van der Waals surface area (Å²) in [4.78, 5) is 0. The topological polar surface area (TPSA) is 46.2 Å². The molecule has 0 saturated carbocycles. The minimum atomic E-state index is -2.73. The Bertz CT molecular complexity index is 272. The van der Waals surface area contributed by atoms with Crippen LogP contribution in [0.1, 0.15) is 26.7 Å². The Morgan fingerprint density at radius 3 is 2.43 bits per heavy atom. The van der Waals surface area contributed by atoms with Crippen molar-refractivity contribution in [1.82, 2.24) is 5.32 Å². The van der Waals surface area contributed by atoms with Crippen LogP contribution in [0.15, 0.2) is 0 Å². The predicted octanol–water partition coefficient (Wildman–Crippen LogP) is 1.06. The van der Waals surface area contributed by atoms with E-state index in [9.17, 15) is 8.42 Å². The monoisotopic (exact) mass is 219 g/mol. The van der Waals surface area contributed by atoms with Crippen LogP contribution in [0.25, 0.3) is 0 Å². The van der Waals surface area contributed by atoms with Gasteiger partial charge in [0.1, 0.15) is 0 Å². The highest BCUT2D eigenvalue weighted by atomic mass is 32.2. The molecule has 1 aliphatic heterocycles. The van der Waals surface area contributed by atoms with Crippen molar-refractivity contribution in [2.24, 2.45) is 11.8 Å². The summed E-state index contributed by atoms with van der Waals surface area (Å²) in [5, 5.41) is 3.25. The normalized spacial score (nSPS) is 28.1. The van der Waals surface area contributed by atoms with E-state index in [-0.39, 0.29) is 0 Å². The van der Waals surface area contributed by atoms with Crippen molar-refractivity contribution in [2.45, 2.75) is 32.7 Å². The van der Waals surface area contributed by atoms with Gasteiger partial charge in [0.15, 0.2) is 9.84 Å². The fourth-order valence-corrected chi connectivity index (χ4v) is 4.07. The third-order valence-corrected chi connectivity index (χ3v) is 4.73. The van der Waals surface area contributed by atoms with Gasteiger partial charge in [-0.3, -0.25) is 0 Å². The first kappa shape index (κ1) is 12.0. The average Bonchev–Trinajstić information content (AvgIpc) is 2.41. The molecule has 1 N–H and O–H groups in total. The van der Waals surface area contributed by atoms with Gasteiger partial charge in [0, 0.05) is 6.04 Å². The van der Waals surface area contributed by atoms with Gasteiger partial charge in [0.2, 0.25) is 0 Å². The van der Waals surface area contributed by atoms with Crippen LogP contribution in [0.3, 0.4) is 0 Å². The van der Waals surface area contributed by atoms with E-state index in [0.29, 0.717) is 29.4 Å². The van der Waals surface area contributed by atoms with Crippen molar-refractivity contribution in [2.75, 3.05) is 18.6 Å². The third kappa shape index (κ3) is 3.24. The minimum Gasteiger partial charge on any atom is -0.317 e. The lowest BCUT2D eigenvalue weighted by Gasteiger charge is -2.23. The van der Waals surface area contributed by atoms with Crippen molar-refractivity contribution in [3.05, 3.63) is 0 Å². The van der Waals surface area contributed by atoms with Crippen molar-refractivity contribution in [3.63, 3.8) is 0 Å². The number of rotatable bonds is 4. The summed E-state index contributed by atoms with van der Waals surface area (Å²) in [5.41, 5.74) is 0. The van der Waals surface area contributed by atoms with E-state index in [1.165, 1.54) is 0 Å². The van der Waals surface area contributed by atoms with Crippen LogP contribution in [-0.2, 0) is 9.84 Å². The molecule has 1 aliphatic rings. The lowest BCUT2D eigenvalue weighted by Crippen LogP contribution is -2.35. The summed E-state index contributed by atoms with van der Waals surface area (Å²) in [7, 11) is -0.798. The van der Waals surface area contributed by atoms with Gasteiger partial charge in [0.25, 0.3) is 0 Å². The molecule has 0 radical (unpaired) electrons. The largest absolute Gasteiger partial charge is 0.317 e. The van der Waals surface area contributed by atoms with E-state index in [4.69, 9.17) is 0 Å². The zero-order valence-electron chi connectivity index (χ0n) is 9.29. The van der Waals surface area contributed by atoms with E-state index in [0.717, 1.165) is 12.8 Å². The van der Waals surface area contributed by atoms with E-state index >= 15 is 0 Å².